The Labute approximate surface area is 362 Å². The Morgan fingerprint density at radius 3 is 0.734 bits per heavy atom. The van der Waals surface area contributed by atoms with Gasteiger partial charge in [-0.3, -0.25) is 0 Å². The maximum absolute atomic E-state index is 13.7. The second kappa shape index (κ2) is 12.9. The highest BCUT2D eigenvalue weighted by Crippen LogP contribution is 2.60. The Kier molecular flexibility index (Phi) is 7.46. The molecule has 0 fully saturated rings. The van der Waals surface area contributed by atoms with E-state index in [4.69, 9.17) is 0 Å². The van der Waals surface area contributed by atoms with E-state index in [1.54, 1.807) is 24.3 Å². The molecule has 11 aromatic rings. The molecule has 6 heteroatoms. The average Bonchev–Trinajstić information content (AvgIpc) is 3.85. The van der Waals surface area contributed by atoms with Gasteiger partial charge in [0, 0.05) is 0 Å². The number of alkyl halides is 6. The highest BCUT2D eigenvalue weighted by atomic mass is 19.4. The predicted molar refractivity (Wildman–Crippen MR) is 248 cm³/mol. The van der Waals surface area contributed by atoms with Crippen LogP contribution in [-0.4, -0.2) is 0 Å². The zero-order valence-electron chi connectivity index (χ0n) is 33.6. The lowest BCUT2D eigenvalue weighted by molar-refractivity contribution is -0.138. The molecule has 304 valence electrons. The summed E-state index contributed by atoms with van der Waals surface area (Å²) >= 11 is 0. The molecule has 11 aromatic carbocycles. The van der Waals surface area contributed by atoms with Crippen LogP contribution in [-0.2, 0) is 12.4 Å². The molecule has 0 saturated heterocycles. The number of hydrogen-bond acceptors (Lipinski definition) is 0. The molecule has 0 aliphatic heterocycles. The van der Waals surface area contributed by atoms with Crippen LogP contribution in [0.2, 0.25) is 0 Å². The maximum Gasteiger partial charge on any atom is 0.416 e. The largest absolute Gasteiger partial charge is 0.416 e. The molecule has 0 saturated carbocycles. The van der Waals surface area contributed by atoms with Crippen molar-refractivity contribution in [3.05, 3.63) is 193 Å². The predicted octanol–water partition coefficient (Wildman–Crippen LogP) is 17.7. The van der Waals surface area contributed by atoms with E-state index in [1.165, 1.54) is 0 Å². The summed E-state index contributed by atoms with van der Waals surface area (Å²) in [7, 11) is 0. The summed E-state index contributed by atoms with van der Waals surface area (Å²) in [6.45, 7) is 0. The number of halogens is 6. The topological polar surface area (TPSA) is 0 Å². The van der Waals surface area contributed by atoms with Crippen LogP contribution in [0, 0.1) is 0 Å². The van der Waals surface area contributed by atoms with Gasteiger partial charge >= 0.3 is 12.4 Å². The molecule has 0 unspecified atom stereocenters. The van der Waals surface area contributed by atoms with Crippen molar-refractivity contribution in [2.24, 2.45) is 0 Å². The van der Waals surface area contributed by atoms with Crippen molar-refractivity contribution in [3.8, 4) is 89.0 Å². The van der Waals surface area contributed by atoms with Gasteiger partial charge in [-0.1, -0.05) is 158 Å². The molecular formula is C58H30F6. The fourth-order valence-electron chi connectivity index (χ4n) is 10.9. The monoisotopic (exact) mass is 840 g/mol. The third-order valence-corrected chi connectivity index (χ3v) is 13.6. The Balaban J connectivity index is 1.08. The third-order valence-electron chi connectivity index (χ3n) is 13.6. The lowest BCUT2D eigenvalue weighted by Gasteiger charge is -2.17. The fourth-order valence-corrected chi connectivity index (χ4v) is 10.9. The lowest BCUT2D eigenvalue weighted by Crippen LogP contribution is -2.04. The maximum atomic E-state index is 13.7. The number of benzene rings is 11. The zero-order chi connectivity index (χ0) is 43.2. The molecular weight excluding hydrogens is 811 g/mol. The van der Waals surface area contributed by atoms with E-state index in [1.807, 2.05) is 48.5 Å². The molecule has 2 aliphatic rings. The Morgan fingerprint density at radius 1 is 0.219 bits per heavy atom. The summed E-state index contributed by atoms with van der Waals surface area (Å²) in [5.41, 5.74) is 14.3. The first-order valence-electron chi connectivity index (χ1n) is 21.1. The van der Waals surface area contributed by atoms with Gasteiger partial charge in [0.1, 0.15) is 0 Å². The van der Waals surface area contributed by atoms with Gasteiger partial charge in [-0.15, -0.1) is 0 Å². The molecule has 0 amide bonds. The molecule has 0 spiro atoms. The summed E-state index contributed by atoms with van der Waals surface area (Å²) < 4.78 is 82.3. The van der Waals surface area contributed by atoms with E-state index in [0.717, 1.165) is 145 Å². The molecule has 13 rings (SSSR count). The highest BCUT2D eigenvalue weighted by molar-refractivity contribution is 6.41. The van der Waals surface area contributed by atoms with Crippen LogP contribution >= 0.6 is 0 Å². The summed E-state index contributed by atoms with van der Waals surface area (Å²) in [5.74, 6) is 0. The summed E-state index contributed by atoms with van der Waals surface area (Å²) in [4.78, 5) is 0. The second-order valence-electron chi connectivity index (χ2n) is 16.8. The van der Waals surface area contributed by atoms with Crippen LogP contribution in [0.1, 0.15) is 11.1 Å². The zero-order valence-corrected chi connectivity index (χ0v) is 33.6. The first-order chi connectivity index (χ1) is 31.0. The summed E-state index contributed by atoms with van der Waals surface area (Å²) in [6, 6.07) is 57.2. The fraction of sp³-hybridized carbons (Fsp3) is 0.0345. The van der Waals surface area contributed by atoms with Crippen molar-refractivity contribution in [3.63, 3.8) is 0 Å². The number of hydrogen-bond donors (Lipinski definition) is 0. The van der Waals surface area contributed by atoms with E-state index >= 15 is 0 Å². The molecule has 0 bridgehead atoms. The van der Waals surface area contributed by atoms with Crippen LogP contribution in [0.5, 0.6) is 0 Å². The van der Waals surface area contributed by atoms with E-state index in [0.29, 0.717) is 11.1 Å². The summed E-state index contributed by atoms with van der Waals surface area (Å²) in [5, 5.41) is 8.87. The average molecular weight is 841 g/mol. The first kappa shape index (κ1) is 36.9. The van der Waals surface area contributed by atoms with Gasteiger partial charge in [0.25, 0.3) is 0 Å². The van der Waals surface area contributed by atoms with Crippen LogP contribution in [0.3, 0.4) is 0 Å². The van der Waals surface area contributed by atoms with Gasteiger partial charge in [-0.05, 0) is 156 Å². The smallest absolute Gasteiger partial charge is 0.166 e. The minimum Gasteiger partial charge on any atom is -0.166 e. The molecule has 0 nitrogen and oxygen atoms in total. The van der Waals surface area contributed by atoms with Crippen molar-refractivity contribution >= 4 is 43.1 Å². The molecule has 0 aromatic heterocycles. The van der Waals surface area contributed by atoms with Crippen molar-refractivity contribution in [1.82, 2.24) is 0 Å². The van der Waals surface area contributed by atoms with E-state index in [-0.39, 0.29) is 0 Å². The van der Waals surface area contributed by atoms with E-state index < -0.39 is 23.5 Å². The van der Waals surface area contributed by atoms with Gasteiger partial charge in [0.05, 0.1) is 11.1 Å². The van der Waals surface area contributed by atoms with Crippen LogP contribution in [0.25, 0.3) is 132 Å². The van der Waals surface area contributed by atoms with Crippen molar-refractivity contribution < 1.29 is 26.3 Å². The normalized spacial score (nSPS) is 12.8. The van der Waals surface area contributed by atoms with Gasteiger partial charge in [-0.2, -0.15) is 26.3 Å². The number of fused-ring (bicyclic) bond motifs is 8. The quantitative estimate of drug-likeness (QED) is 0.0941. The molecule has 0 radical (unpaired) electrons. The van der Waals surface area contributed by atoms with Gasteiger partial charge in [0.2, 0.25) is 0 Å². The summed E-state index contributed by atoms with van der Waals surface area (Å²) in [6.07, 6.45) is -8.89. The number of rotatable bonds is 4. The van der Waals surface area contributed by atoms with Crippen LogP contribution in [0.4, 0.5) is 26.3 Å². The third kappa shape index (κ3) is 5.08. The van der Waals surface area contributed by atoms with Crippen molar-refractivity contribution in [2.75, 3.05) is 0 Å². The molecule has 2 aliphatic carbocycles. The van der Waals surface area contributed by atoms with Crippen molar-refractivity contribution in [2.45, 2.75) is 12.4 Å². The van der Waals surface area contributed by atoms with Gasteiger partial charge in [-0.25, -0.2) is 0 Å². The van der Waals surface area contributed by atoms with Crippen molar-refractivity contribution in [1.29, 1.82) is 0 Å². The van der Waals surface area contributed by atoms with E-state index in [2.05, 4.69) is 84.9 Å². The minimum atomic E-state index is -4.44. The SMILES string of the molecule is FC(F)(F)c1ccc(-c2ccc(-c3ccccc3)c3c2-c2ccc4c5ccc6c7c(ccc(c8ccc-3c2c84)c75)-c2c(-c3ccc(C(F)(F)F)cc3)ccc(-c3ccccc3)c2-6)cc1. The minimum absolute atomic E-state index is 0.686. The van der Waals surface area contributed by atoms with E-state index in [9.17, 15) is 26.3 Å². The van der Waals surface area contributed by atoms with Crippen LogP contribution < -0.4 is 0 Å². The Morgan fingerprint density at radius 2 is 0.469 bits per heavy atom. The standard InChI is InChI=1S/C58H30F6/c59-57(60,61)35-15-11-33(12-16-35)39-21-19-37(31-7-3-1-4-8-31)49-45-27-23-41-44-26-30-48-52-40(34-13-17-36(18-14-34)58(62,63)64)22-20-38(32-9-5-2-6-10-32)50(52)46-28-24-42(54(44)56(46)48)43-25-29-47(51(39)49)55(45)53(41)43/h1-30H. The Bertz CT molecular complexity index is 3480. The van der Waals surface area contributed by atoms with Gasteiger partial charge in [0.15, 0.2) is 0 Å². The Hall–Kier alpha value is -7.70. The second-order valence-corrected chi connectivity index (χ2v) is 16.8. The van der Waals surface area contributed by atoms with Crippen LogP contribution in [0.15, 0.2) is 182 Å². The lowest BCUT2D eigenvalue weighted by atomic mass is 9.86. The molecule has 64 heavy (non-hydrogen) atoms. The van der Waals surface area contributed by atoms with Gasteiger partial charge < -0.3 is 0 Å². The molecule has 0 heterocycles. The molecule has 0 N–H and O–H groups in total. The highest BCUT2D eigenvalue weighted by Gasteiger charge is 2.35. The molecule has 0 atom stereocenters. The first-order valence-corrected chi connectivity index (χ1v) is 21.1.